The SMILES string of the molecule is O=C(O)c1cccn2nc(Cc3cccc(Cl)c3)nc12. The van der Waals surface area contributed by atoms with E-state index in [2.05, 4.69) is 10.1 Å². The van der Waals surface area contributed by atoms with Gasteiger partial charge in [-0.25, -0.2) is 14.3 Å². The molecule has 2 aromatic heterocycles. The van der Waals surface area contributed by atoms with Gasteiger partial charge in [-0.3, -0.25) is 0 Å². The molecule has 0 spiro atoms. The molecule has 5 nitrogen and oxygen atoms in total. The van der Waals surface area contributed by atoms with E-state index >= 15 is 0 Å². The summed E-state index contributed by atoms with van der Waals surface area (Å²) < 4.78 is 1.48. The van der Waals surface area contributed by atoms with Crippen LogP contribution in [-0.2, 0) is 6.42 Å². The summed E-state index contributed by atoms with van der Waals surface area (Å²) in [5, 5.41) is 14.0. The Morgan fingerprint density at radius 1 is 1.30 bits per heavy atom. The van der Waals surface area contributed by atoms with Crippen LogP contribution in [0, 0.1) is 0 Å². The molecule has 0 atom stereocenters. The van der Waals surface area contributed by atoms with E-state index in [1.807, 2.05) is 18.2 Å². The van der Waals surface area contributed by atoms with Gasteiger partial charge < -0.3 is 5.11 Å². The van der Waals surface area contributed by atoms with Gasteiger partial charge >= 0.3 is 5.97 Å². The summed E-state index contributed by atoms with van der Waals surface area (Å²) in [6, 6.07) is 10.6. The van der Waals surface area contributed by atoms with Crippen molar-refractivity contribution in [2.45, 2.75) is 6.42 Å². The van der Waals surface area contributed by atoms with Crippen molar-refractivity contribution in [1.29, 1.82) is 0 Å². The van der Waals surface area contributed by atoms with Crippen LogP contribution in [0.1, 0.15) is 21.7 Å². The van der Waals surface area contributed by atoms with E-state index in [9.17, 15) is 4.79 Å². The normalized spacial score (nSPS) is 10.8. The number of hydrogen-bond acceptors (Lipinski definition) is 3. The summed E-state index contributed by atoms with van der Waals surface area (Å²) in [6.45, 7) is 0. The fourth-order valence-corrected chi connectivity index (χ4v) is 2.23. The molecule has 3 aromatic rings. The first kappa shape index (κ1) is 12.6. The Bertz CT molecular complexity index is 798. The molecule has 100 valence electrons. The van der Waals surface area contributed by atoms with Crippen molar-refractivity contribution in [3.05, 3.63) is 64.6 Å². The first-order valence-corrected chi connectivity index (χ1v) is 6.33. The van der Waals surface area contributed by atoms with Gasteiger partial charge in [-0.2, -0.15) is 5.10 Å². The minimum atomic E-state index is -1.02. The van der Waals surface area contributed by atoms with E-state index in [-0.39, 0.29) is 5.56 Å². The number of benzene rings is 1. The minimum absolute atomic E-state index is 0.136. The Kier molecular flexibility index (Phi) is 3.12. The zero-order valence-electron chi connectivity index (χ0n) is 10.3. The highest BCUT2D eigenvalue weighted by Gasteiger charge is 2.13. The second-order valence-electron chi connectivity index (χ2n) is 4.33. The monoisotopic (exact) mass is 287 g/mol. The van der Waals surface area contributed by atoms with E-state index in [0.29, 0.717) is 22.9 Å². The van der Waals surface area contributed by atoms with Gasteiger partial charge in [0.05, 0.1) is 0 Å². The zero-order valence-corrected chi connectivity index (χ0v) is 11.1. The average molecular weight is 288 g/mol. The predicted octanol–water partition coefficient (Wildman–Crippen LogP) is 2.67. The fraction of sp³-hybridized carbons (Fsp3) is 0.0714. The lowest BCUT2D eigenvalue weighted by Crippen LogP contribution is -2.00. The van der Waals surface area contributed by atoms with Crippen molar-refractivity contribution in [2.24, 2.45) is 0 Å². The Labute approximate surface area is 119 Å². The molecule has 6 heteroatoms. The number of rotatable bonds is 3. The van der Waals surface area contributed by atoms with Crippen molar-refractivity contribution in [1.82, 2.24) is 14.6 Å². The topological polar surface area (TPSA) is 67.5 Å². The minimum Gasteiger partial charge on any atom is -0.478 e. The van der Waals surface area contributed by atoms with E-state index < -0.39 is 5.97 Å². The Balaban J connectivity index is 2.01. The lowest BCUT2D eigenvalue weighted by molar-refractivity contribution is 0.0698. The van der Waals surface area contributed by atoms with E-state index in [1.165, 1.54) is 10.6 Å². The molecule has 2 heterocycles. The third-order valence-corrected chi connectivity index (χ3v) is 3.12. The Morgan fingerprint density at radius 3 is 2.90 bits per heavy atom. The highest BCUT2D eigenvalue weighted by molar-refractivity contribution is 6.30. The smallest absolute Gasteiger partial charge is 0.339 e. The van der Waals surface area contributed by atoms with Gasteiger partial charge in [0.15, 0.2) is 11.5 Å². The number of nitrogens with zero attached hydrogens (tertiary/aromatic N) is 3. The molecule has 0 fully saturated rings. The second-order valence-corrected chi connectivity index (χ2v) is 4.77. The molecule has 0 saturated heterocycles. The van der Waals surface area contributed by atoms with E-state index in [1.54, 1.807) is 18.3 Å². The number of carboxylic acids is 1. The summed E-state index contributed by atoms with van der Waals surface area (Å²) in [5.41, 5.74) is 1.46. The van der Waals surface area contributed by atoms with Crippen LogP contribution in [0.15, 0.2) is 42.6 Å². The molecule has 1 N–H and O–H groups in total. The van der Waals surface area contributed by atoms with Crippen molar-refractivity contribution < 1.29 is 9.90 Å². The number of halogens is 1. The van der Waals surface area contributed by atoms with Crippen LogP contribution in [0.2, 0.25) is 5.02 Å². The molecule has 20 heavy (non-hydrogen) atoms. The van der Waals surface area contributed by atoms with Crippen LogP contribution in [0.3, 0.4) is 0 Å². The van der Waals surface area contributed by atoms with Gasteiger partial charge in [-0.05, 0) is 29.8 Å². The molecule has 0 aliphatic heterocycles. The Hall–Kier alpha value is -2.40. The van der Waals surface area contributed by atoms with E-state index in [0.717, 1.165) is 5.56 Å². The number of aromatic nitrogens is 3. The summed E-state index contributed by atoms with van der Waals surface area (Å²) in [6.07, 6.45) is 2.18. The quantitative estimate of drug-likeness (QED) is 0.804. The van der Waals surface area contributed by atoms with Gasteiger partial charge in [0, 0.05) is 17.6 Å². The molecular weight excluding hydrogens is 278 g/mol. The summed E-state index contributed by atoms with van der Waals surface area (Å²) in [5.74, 6) is -0.460. The first-order valence-electron chi connectivity index (χ1n) is 5.95. The highest BCUT2D eigenvalue weighted by Crippen LogP contribution is 2.15. The number of carboxylic acid groups (broad SMARTS) is 1. The van der Waals surface area contributed by atoms with E-state index in [4.69, 9.17) is 16.7 Å². The molecule has 0 bridgehead atoms. The number of carbonyl (C=O) groups is 1. The van der Waals surface area contributed by atoms with Crippen LogP contribution >= 0.6 is 11.6 Å². The van der Waals surface area contributed by atoms with Crippen LogP contribution < -0.4 is 0 Å². The maximum absolute atomic E-state index is 11.1. The second kappa shape index (κ2) is 4.94. The van der Waals surface area contributed by atoms with Gasteiger partial charge in [0.1, 0.15) is 5.56 Å². The zero-order chi connectivity index (χ0) is 14.1. The molecule has 0 radical (unpaired) electrons. The van der Waals surface area contributed by atoms with Crippen molar-refractivity contribution in [3.63, 3.8) is 0 Å². The molecule has 0 unspecified atom stereocenters. The van der Waals surface area contributed by atoms with Gasteiger partial charge in [-0.15, -0.1) is 0 Å². The molecule has 0 amide bonds. The van der Waals surface area contributed by atoms with Crippen molar-refractivity contribution in [2.75, 3.05) is 0 Å². The van der Waals surface area contributed by atoms with Gasteiger partial charge in [0.2, 0.25) is 0 Å². The number of fused-ring (bicyclic) bond motifs is 1. The van der Waals surface area contributed by atoms with Crippen LogP contribution in [0.5, 0.6) is 0 Å². The first-order chi connectivity index (χ1) is 9.63. The number of hydrogen-bond donors (Lipinski definition) is 1. The molecule has 0 saturated carbocycles. The van der Waals surface area contributed by atoms with Crippen molar-refractivity contribution in [3.8, 4) is 0 Å². The van der Waals surface area contributed by atoms with Gasteiger partial charge in [0.25, 0.3) is 0 Å². The molecule has 0 aliphatic rings. The highest BCUT2D eigenvalue weighted by atomic mass is 35.5. The summed E-state index contributed by atoms with van der Waals surface area (Å²) in [7, 11) is 0. The predicted molar refractivity (Wildman–Crippen MR) is 74.2 cm³/mol. The number of pyridine rings is 1. The fourth-order valence-electron chi connectivity index (χ4n) is 2.02. The lowest BCUT2D eigenvalue weighted by atomic mass is 10.1. The third kappa shape index (κ3) is 2.35. The summed E-state index contributed by atoms with van der Waals surface area (Å²) in [4.78, 5) is 15.4. The molecule has 1 aromatic carbocycles. The van der Waals surface area contributed by atoms with Crippen LogP contribution in [0.25, 0.3) is 5.65 Å². The van der Waals surface area contributed by atoms with Crippen LogP contribution in [0.4, 0.5) is 0 Å². The standard InChI is InChI=1S/C14H10ClN3O2/c15-10-4-1-3-9(7-10)8-12-16-13-11(14(19)20)5-2-6-18(13)17-12/h1-7H,8H2,(H,19,20). The lowest BCUT2D eigenvalue weighted by Gasteiger charge is -1.97. The maximum Gasteiger partial charge on any atom is 0.339 e. The largest absolute Gasteiger partial charge is 0.478 e. The van der Waals surface area contributed by atoms with Crippen LogP contribution in [-0.4, -0.2) is 25.7 Å². The molecule has 0 aliphatic carbocycles. The average Bonchev–Trinajstić information content (AvgIpc) is 2.80. The third-order valence-electron chi connectivity index (χ3n) is 2.89. The maximum atomic E-state index is 11.1. The molecule has 3 rings (SSSR count). The molecular formula is C14H10ClN3O2. The number of aromatic carboxylic acids is 1. The van der Waals surface area contributed by atoms with Gasteiger partial charge in [-0.1, -0.05) is 23.7 Å². The van der Waals surface area contributed by atoms with Crippen molar-refractivity contribution >= 4 is 23.2 Å². The summed E-state index contributed by atoms with van der Waals surface area (Å²) >= 11 is 5.93. The Morgan fingerprint density at radius 2 is 2.15 bits per heavy atom.